The Kier molecular flexibility index (Phi) is 5.38. The highest BCUT2D eigenvalue weighted by atomic mass is 32.2. The van der Waals surface area contributed by atoms with Gasteiger partial charge in [0.15, 0.2) is 0 Å². The zero-order valence-electron chi connectivity index (χ0n) is 12.0. The molecule has 2 rings (SSSR count). The maximum atomic E-state index is 12.5. The van der Waals surface area contributed by atoms with Gasteiger partial charge in [0.25, 0.3) is 0 Å². The molecule has 1 aliphatic carbocycles. The van der Waals surface area contributed by atoms with Crippen LogP contribution in [0.2, 0.25) is 0 Å². The number of hydrogen-bond acceptors (Lipinski definition) is 2. The van der Waals surface area contributed by atoms with Gasteiger partial charge in [-0.2, -0.15) is 0 Å². The summed E-state index contributed by atoms with van der Waals surface area (Å²) in [6.45, 7) is 1.88. The summed E-state index contributed by atoms with van der Waals surface area (Å²) >= 11 is 0. The maximum Gasteiger partial charge on any atom is 0.236 e. The summed E-state index contributed by atoms with van der Waals surface area (Å²) < 4.78 is 27.8. The molecular weight excluding hydrogens is 270 g/mol. The molecule has 20 heavy (non-hydrogen) atoms. The van der Waals surface area contributed by atoms with Crippen LogP contribution in [0.5, 0.6) is 0 Å². The van der Waals surface area contributed by atoms with Crippen molar-refractivity contribution in [3.8, 4) is 0 Å². The molecule has 4 heteroatoms. The average Bonchev–Trinajstić information content (AvgIpc) is 2.46. The molecule has 110 valence electrons. The zero-order valence-corrected chi connectivity index (χ0v) is 12.8. The summed E-state index contributed by atoms with van der Waals surface area (Å²) in [7, 11) is -3.36. The molecule has 1 fully saturated rings. The summed E-state index contributed by atoms with van der Waals surface area (Å²) in [4.78, 5) is 0.467. The molecule has 1 saturated carbocycles. The number of nitrogens with one attached hydrogen (secondary N) is 1. The van der Waals surface area contributed by atoms with Crippen LogP contribution in [0.1, 0.15) is 51.0 Å². The van der Waals surface area contributed by atoms with Crippen molar-refractivity contribution in [2.24, 2.45) is 0 Å². The Labute approximate surface area is 122 Å². The van der Waals surface area contributed by atoms with Gasteiger partial charge in [-0.15, -0.1) is 0 Å². The fraction of sp³-hybridized carbons (Fsp3) is 0.500. The van der Waals surface area contributed by atoms with Crippen molar-refractivity contribution in [1.29, 1.82) is 0 Å². The second-order valence-corrected chi connectivity index (χ2v) is 7.10. The smallest absolute Gasteiger partial charge is 0.208 e. The monoisotopic (exact) mass is 293 g/mol. The van der Waals surface area contributed by atoms with Gasteiger partial charge in [-0.05, 0) is 30.9 Å². The Morgan fingerprint density at radius 2 is 1.85 bits per heavy atom. The summed E-state index contributed by atoms with van der Waals surface area (Å²) in [6.07, 6.45) is 7.66. The molecule has 0 radical (unpaired) electrons. The molecule has 1 aromatic rings. The second kappa shape index (κ2) is 7.04. The third-order valence-electron chi connectivity index (χ3n) is 3.75. The predicted octanol–water partition coefficient (Wildman–Crippen LogP) is 3.69. The lowest BCUT2D eigenvalue weighted by Crippen LogP contribution is -2.36. The Balaban J connectivity index is 2.14. The highest BCUT2D eigenvalue weighted by Gasteiger charge is 2.22. The summed E-state index contributed by atoms with van der Waals surface area (Å²) in [5.41, 5.74) is 0.929. The van der Waals surface area contributed by atoms with Crippen molar-refractivity contribution in [2.75, 3.05) is 0 Å². The molecule has 0 unspecified atom stereocenters. The van der Waals surface area contributed by atoms with Gasteiger partial charge < -0.3 is 0 Å². The Morgan fingerprint density at radius 1 is 1.20 bits per heavy atom. The fourth-order valence-electron chi connectivity index (χ4n) is 2.62. The summed E-state index contributed by atoms with van der Waals surface area (Å²) in [5, 5.41) is 0. The first-order valence-corrected chi connectivity index (χ1v) is 8.88. The molecule has 0 aromatic heterocycles. The quantitative estimate of drug-likeness (QED) is 0.900. The van der Waals surface area contributed by atoms with Gasteiger partial charge >= 0.3 is 0 Å². The lowest BCUT2D eigenvalue weighted by Gasteiger charge is -2.23. The molecule has 1 aliphatic rings. The van der Waals surface area contributed by atoms with E-state index in [1.165, 1.54) is 6.42 Å². The number of hydrogen-bond donors (Lipinski definition) is 1. The van der Waals surface area contributed by atoms with E-state index in [-0.39, 0.29) is 6.04 Å². The van der Waals surface area contributed by atoms with Crippen LogP contribution in [-0.4, -0.2) is 14.5 Å². The van der Waals surface area contributed by atoms with E-state index in [2.05, 4.69) is 4.72 Å². The lowest BCUT2D eigenvalue weighted by molar-refractivity contribution is 0.413. The predicted molar refractivity (Wildman–Crippen MR) is 83.6 cm³/mol. The van der Waals surface area contributed by atoms with Crippen molar-refractivity contribution in [2.45, 2.75) is 51.5 Å². The summed E-state index contributed by atoms with van der Waals surface area (Å²) in [6, 6.07) is 9.72. The van der Waals surface area contributed by atoms with Crippen LogP contribution in [0.25, 0.3) is 6.08 Å². The molecule has 0 atom stereocenters. The van der Waals surface area contributed by atoms with Crippen molar-refractivity contribution >= 4 is 16.1 Å². The standard InChI is InChI=1S/C16H23NO2S/c1-2-16(13-14-9-5-3-6-10-14)20(18,19)17-15-11-7-4-8-12-15/h3,5-6,9-10,13,15,17H,2,4,7-8,11-12H2,1H3/b16-13+. The minimum absolute atomic E-state index is 0.111. The summed E-state index contributed by atoms with van der Waals surface area (Å²) in [5.74, 6) is 0. The first-order valence-electron chi connectivity index (χ1n) is 7.40. The zero-order chi connectivity index (χ0) is 14.4. The van der Waals surface area contributed by atoms with E-state index < -0.39 is 10.0 Å². The highest BCUT2D eigenvalue weighted by Crippen LogP contribution is 2.21. The van der Waals surface area contributed by atoms with E-state index in [4.69, 9.17) is 0 Å². The highest BCUT2D eigenvalue weighted by molar-refractivity contribution is 7.93. The molecule has 0 heterocycles. The lowest BCUT2D eigenvalue weighted by atomic mass is 9.96. The number of sulfonamides is 1. The molecule has 0 spiro atoms. The van der Waals surface area contributed by atoms with E-state index in [9.17, 15) is 8.42 Å². The Bertz CT molecular complexity index is 543. The number of benzene rings is 1. The average molecular weight is 293 g/mol. The van der Waals surface area contributed by atoms with Gasteiger partial charge in [0, 0.05) is 6.04 Å². The second-order valence-electron chi connectivity index (χ2n) is 5.33. The van der Waals surface area contributed by atoms with Crippen molar-refractivity contribution < 1.29 is 8.42 Å². The molecule has 0 saturated heterocycles. The normalized spacial score (nSPS) is 18.1. The van der Waals surface area contributed by atoms with Crippen LogP contribution in [0.4, 0.5) is 0 Å². The molecule has 0 bridgehead atoms. The maximum absolute atomic E-state index is 12.5. The van der Waals surface area contributed by atoms with Crippen molar-refractivity contribution in [3.63, 3.8) is 0 Å². The molecule has 0 amide bonds. The van der Waals surface area contributed by atoms with Gasteiger partial charge in [0.05, 0.1) is 4.91 Å². The molecule has 3 nitrogen and oxygen atoms in total. The van der Waals surface area contributed by atoms with E-state index in [1.54, 1.807) is 6.08 Å². The van der Waals surface area contributed by atoms with Gasteiger partial charge in [-0.1, -0.05) is 56.5 Å². The van der Waals surface area contributed by atoms with E-state index in [0.717, 1.165) is 31.2 Å². The van der Waals surface area contributed by atoms with Crippen molar-refractivity contribution in [3.05, 3.63) is 40.8 Å². The van der Waals surface area contributed by atoms with Crippen LogP contribution in [-0.2, 0) is 10.0 Å². The largest absolute Gasteiger partial charge is 0.236 e. The first-order chi connectivity index (χ1) is 9.62. The third-order valence-corrected chi connectivity index (χ3v) is 5.49. The Hall–Kier alpha value is -1.13. The van der Waals surface area contributed by atoms with Crippen LogP contribution in [0, 0.1) is 0 Å². The topological polar surface area (TPSA) is 46.2 Å². The van der Waals surface area contributed by atoms with Gasteiger partial charge in [0.1, 0.15) is 0 Å². The molecule has 1 aromatic carbocycles. The van der Waals surface area contributed by atoms with E-state index in [0.29, 0.717) is 11.3 Å². The fourth-order valence-corrected chi connectivity index (χ4v) is 4.12. The van der Waals surface area contributed by atoms with Crippen LogP contribution in [0.3, 0.4) is 0 Å². The van der Waals surface area contributed by atoms with E-state index in [1.807, 2.05) is 37.3 Å². The van der Waals surface area contributed by atoms with Gasteiger partial charge in [-0.25, -0.2) is 13.1 Å². The molecule has 0 aliphatic heterocycles. The minimum Gasteiger partial charge on any atom is -0.208 e. The van der Waals surface area contributed by atoms with E-state index >= 15 is 0 Å². The van der Waals surface area contributed by atoms with Gasteiger partial charge in [0.2, 0.25) is 10.0 Å². The van der Waals surface area contributed by atoms with Crippen LogP contribution < -0.4 is 4.72 Å². The number of rotatable bonds is 5. The third kappa shape index (κ3) is 4.18. The number of allylic oxidation sites excluding steroid dienone is 1. The van der Waals surface area contributed by atoms with Crippen molar-refractivity contribution in [1.82, 2.24) is 4.72 Å². The van der Waals surface area contributed by atoms with Gasteiger partial charge in [-0.3, -0.25) is 0 Å². The first kappa shape index (κ1) is 15.3. The minimum atomic E-state index is -3.36. The van der Waals surface area contributed by atoms with Crippen LogP contribution >= 0.6 is 0 Å². The molecule has 1 N–H and O–H groups in total. The van der Waals surface area contributed by atoms with Crippen LogP contribution in [0.15, 0.2) is 35.2 Å². The Morgan fingerprint density at radius 3 is 2.45 bits per heavy atom. The SMILES string of the molecule is CC/C(=C\c1ccccc1)S(=O)(=O)NC1CCCCC1. The molecular formula is C16H23NO2S.